The molecular formula is C17H18N2O3. The lowest BCUT2D eigenvalue weighted by atomic mass is 10.0. The maximum atomic E-state index is 11.4. The standard InChI is InChI=1S/C17H18N2O3/c1-4-12-6-5-7-14-13(12)8-9-15(17(14)22)18-19-16(10(2)20)11(3)21/h5-9,20,22H,4H2,1-3H3/b16-10-,19-18?. The van der Waals surface area contributed by atoms with Crippen LogP contribution in [0.3, 0.4) is 0 Å². The molecule has 22 heavy (non-hydrogen) atoms. The average molecular weight is 298 g/mol. The van der Waals surface area contributed by atoms with E-state index in [0.717, 1.165) is 17.4 Å². The Hall–Kier alpha value is -2.69. The summed E-state index contributed by atoms with van der Waals surface area (Å²) in [5.41, 5.74) is 1.26. The number of aliphatic hydroxyl groups is 1. The van der Waals surface area contributed by atoms with Crippen molar-refractivity contribution in [1.82, 2.24) is 0 Å². The highest BCUT2D eigenvalue weighted by Crippen LogP contribution is 2.36. The molecule has 0 aliphatic heterocycles. The number of fused-ring (bicyclic) bond motifs is 1. The Bertz CT molecular complexity index is 788. The van der Waals surface area contributed by atoms with Gasteiger partial charge >= 0.3 is 0 Å². The molecule has 2 aromatic rings. The topological polar surface area (TPSA) is 82.2 Å². The van der Waals surface area contributed by atoms with Crippen molar-refractivity contribution in [2.45, 2.75) is 27.2 Å². The molecule has 0 aliphatic rings. The van der Waals surface area contributed by atoms with Gasteiger partial charge in [-0.05, 0) is 30.4 Å². The van der Waals surface area contributed by atoms with Crippen LogP contribution < -0.4 is 0 Å². The van der Waals surface area contributed by atoms with Gasteiger partial charge in [-0.3, -0.25) is 4.79 Å². The molecule has 5 heteroatoms. The number of azo groups is 1. The molecule has 0 atom stereocenters. The number of carbonyl (C=O) groups excluding carboxylic acids is 1. The third-order valence-electron chi connectivity index (χ3n) is 3.42. The van der Waals surface area contributed by atoms with E-state index in [1.54, 1.807) is 6.07 Å². The molecule has 2 rings (SSSR count). The fraction of sp³-hybridized carbons (Fsp3) is 0.235. The number of nitrogens with zero attached hydrogens (tertiary/aromatic N) is 2. The van der Waals surface area contributed by atoms with Crippen molar-refractivity contribution in [3.63, 3.8) is 0 Å². The van der Waals surface area contributed by atoms with Crippen molar-refractivity contribution in [2.75, 3.05) is 0 Å². The van der Waals surface area contributed by atoms with E-state index in [9.17, 15) is 15.0 Å². The molecule has 2 aromatic carbocycles. The van der Waals surface area contributed by atoms with Crippen LogP contribution in [0.15, 0.2) is 52.0 Å². The minimum atomic E-state index is -0.391. The molecule has 0 saturated heterocycles. The number of aromatic hydroxyl groups is 1. The van der Waals surface area contributed by atoms with E-state index >= 15 is 0 Å². The van der Waals surface area contributed by atoms with Crippen molar-refractivity contribution >= 4 is 22.2 Å². The number of aliphatic hydroxyl groups excluding tert-OH is 1. The summed E-state index contributed by atoms with van der Waals surface area (Å²) in [7, 11) is 0. The van der Waals surface area contributed by atoms with Crippen molar-refractivity contribution in [3.8, 4) is 5.75 Å². The monoisotopic (exact) mass is 298 g/mol. The van der Waals surface area contributed by atoms with Gasteiger partial charge in [-0.25, -0.2) is 0 Å². The summed E-state index contributed by atoms with van der Waals surface area (Å²) >= 11 is 0. The van der Waals surface area contributed by atoms with E-state index in [-0.39, 0.29) is 22.9 Å². The number of ketones is 1. The number of hydrogen-bond acceptors (Lipinski definition) is 5. The van der Waals surface area contributed by atoms with Crippen molar-refractivity contribution in [1.29, 1.82) is 0 Å². The first-order valence-electron chi connectivity index (χ1n) is 7.01. The third kappa shape index (κ3) is 2.98. The maximum Gasteiger partial charge on any atom is 0.183 e. The number of benzene rings is 2. The van der Waals surface area contributed by atoms with E-state index in [1.165, 1.54) is 13.8 Å². The minimum absolute atomic E-state index is 0.00930. The second-order valence-electron chi connectivity index (χ2n) is 4.99. The summed E-state index contributed by atoms with van der Waals surface area (Å²) in [4.78, 5) is 11.4. The highest BCUT2D eigenvalue weighted by atomic mass is 16.3. The molecule has 0 heterocycles. The fourth-order valence-corrected chi connectivity index (χ4v) is 2.29. The summed E-state index contributed by atoms with van der Waals surface area (Å²) in [6.07, 6.45) is 0.860. The Labute approximate surface area is 128 Å². The second-order valence-corrected chi connectivity index (χ2v) is 4.99. The number of phenols is 1. The first-order valence-corrected chi connectivity index (χ1v) is 7.01. The normalized spacial score (nSPS) is 12.7. The van der Waals surface area contributed by atoms with Gasteiger partial charge in [-0.2, -0.15) is 0 Å². The molecule has 0 amide bonds. The summed E-state index contributed by atoms with van der Waals surface area (Å²) in [5.74, 6) is -0.586. The van der Waals surface area contributed by atoms with E-state index in [4.69, 9.17) is 0 Å². The summed E-state index contributed by atoms with van der Waals surface area (Å²) in [5, 5.41) is 29.0. The number of hydrogen-bond donors (Lipinski definition) is 2. The van der Waals surface area contributed by atoms with Crippen molar-refractivity contribution in [3.05, 3.63) is 47.4 Å². The van der Waals surface area contributed by atoms with E-state index in [1.807, 2.05) is 31.2 Å². The fourth-order valence-electron chi connectivity index (χ4n) is 2.29. The van der Waals surface area contributed by atoms with Crippen LogP contribution in [0.1, 0.15) is 26.3 Å². The highest BCUT2D eigenvalue weighted by molar-refractivity contribution is 5.95. The predicted octanol–water partition coefficient (Wildman–Crippen LogP) is 4.57. The van der Waals surface area contributed by atoms with Gasteiger partial charge < -0.3 is 10.2 Å². The van der Waals surface area contributed by atoms with Crippen LogP contribution in [0.2, 0.25) is 0 Å². The molecule has 5 nitrogen and oxygen atoms in total. The summed E-state index contributed by atoms with van der Waals surface area (Å²) in [6.45, 7) is 4.71. The molecule has 0 radical (unpaired) electrons. The van der Waals surface area contributed by atoms with Gasteiger partial charge in [0.05, 0.1) is 0 Å². The largest absolute Gasteiger partial charge is 0.510 e. The molecule has 0 spiro atoms. The smallest absolute Gasteiger partial charge is 0.183 e. The quantitative estimate of drug-likeness (QED) is 0.492. The number of allylic oxidation sites excluding steroid dienone is 2. The third-order valence-corrected chi connectivity index (χ3v) is 3.42. The lowest BCUT2D eigenvalue weighted by Gasteiger charge is -2.07. The molecular weight excluding hydrogens is 280 g/mol. The Morgan fingerprint density at radius 3 is 2.45 bits per heavy atom. The van der Waals surface area contributed by atoms with Gasteiger partial charge in [0.1, 0.15) is 11.4 Å². The van der Waals surface area contributed by atoms with Crippen LogP contribution in [0.5, 0.6) is 5.75 Å². The van der Waals surface area contributed by atoms with Gasteiger partial charge in [-0.1, -0.05) is 31.2 Å². The Morgan fingerprint density at radius 1 is 1.14 bits per heavy atom. The SMILES string of the molecule is CCc1cccc2c(O)c(N=N/C(C(C)=O)=C(/C)O)ccc12. The molecule has 2 N–H and O–H groups in total. The van der Waals surface area contributed by atoms with Crippen LogP contribution in [0, 0.1) is 0 Å². The zero-order valence-corrected chi connectivity index (χ0v) is 12.8. The van der Waals surface area contributed by atoms with Crippen LogP contribution in [0.25, 0.3) is 10.8 Å². The number of phenolic OH excluding ortho intramolecular Hbond substituents is 1. The predicted molar refractivity (Wildman–Crippen MR) is 85.5 cm³/mol. The molecule has 0 saturated carbocycles. The van der Waals surface area contributed by atoms with Crippen LogP contribution in [-0.4, -0.2) is 16.0 Å². The maximum absolute atomic E-state index is 11.4. The van der Waals surface area contributed by atoms with Gasteiger partial charge in [0.25, 0.3) is 0 Å². The van der Waals surface area contributed by atoms with Crippen LogP contribution >= 0.6 is 0 Å². The van der Waals surface area contributed by atoms with Crippen molar-refractivity contribution in [2.24, 2.45) is 10.2 Å². The molecule has 114 valence electrons. The Morgan fingerprint density at radius 2 is 1.86 bits per heavy atom. The van der Waals surface area contributed by atoms with Gasteiger partial charge in [0.2, 0.25) is 0 Å². The van der Waals surface area contributed by atoms with Crippen LogP contribution in [0.4, 0.5) is 5.69 Å². The zero-order valence-electron chi connectivity index (χ0n) is 12.8. The van der Waals surface area contributed by atoms with E-state index in [2.05, 4.69) is 10.2 Å². The highest BCUT2D eigenvalue weighted by Gasteiger charge is 2.10. The lowest BCUT2D eigenvalue weighted by Crippen LogP contribution is -1.96. The zero-order chi connectivity index (χ0) is 16.3. The number of Topliss-reactive ketones (excluding diaryl/α,β-unsaturated/α-hetero) is 1. The summed E-state index contributed by atoms with van der Waals surface area (Å²) in [6, 6.07) is 9.20. The molecule has 0 aromatic heterocycles. The average Bonchev–Trinajstić information content (AvgIpc) is 2.48. The van der Waals surface area contributed by atoms with E-state index < -0.39 is 5.78 Å². The molecule has 0 fully saturated rings. The first kappa shape index (κ1) is 15.7. The van der Waals surface area contributed by atoms with Crippen molar-refractivity contribution < 1.29 is 15.0 Å². The van der Waals surface area contributed by atoms with Gasteiger partial charge in [0.15, 0.2) is 17.2 Å². The molecule has 0 unspecified atom stereocenters. The van der Waals surface area contributed by atoms with Gasteiger partial charge in [-0.15, -0.1) is 10.2 Å². The Kier molecular flexibility index (Phi) is 4.56. The second kappa shape index (κ2) is 6.39. The molecule has 0 aliphatic carbocycles. The molecule has 0 bridgehead atoms. The van der Waals surface area contributed by atoms with Gasteiger partial charge in [0, 0.05) is 12.3 Å². The number of aryl methyl sites for hydroxylation is 1. The minimum Gasteiger partial charge on any atom is -0.510 e. The Balaban J connectivity index is 2.52. The first-order chi connectivity index (χ1) is 10.5. The lowest BCUT2D eigenvalue weighted by molar-refractivity contribution is -0.113. The number of carbonyl (C=O) groups is 1. The number of rotatable bonds is 4. The summed E-state index contributed by atoms with van der Waals surface area (Å²) < 4.78 is 0. The van der Waals surface area contributed by atoms with E-state index in [0.29, 0.717) is 5.39 Å². The van der Waals surface area contributed by atoms with Crippen LogP contribution in [-0.2, 0) is 11.2 Å².